The van der Waals surface area contributed by atoms with Gasteiger partial charge in [0, 0.05) is 60.0 Å². The summed E-state index contributed by atoms with van der Waals surface area (Å²) in [5, 5.41) is 4.79. The van der Waals surface area contributed by atoms with Crippen LogP contribution in [0.5, 0.6) is 0 Å². The highest BCUT2D eigenvalue weighted by molar-refractivity contribution is 5.51. The molecule has 3 aromatic rings. The highest BCUT2D eigenvalue weighted by atomic mass is 19.3. The molecule has 0 radical (unpaired) electrons. The molecule has 3 fully saturated rings. The van der Waals surface area contributed by atoms with Gasteiger partial charge < -0.3 is 4.74 Å². The van der Waals surface area contributed by atoms with E-state index >= 15 is 0 Å². The number of fused-ring (bicyclic) bond motifs is 1. The van der Waals surface area contributed by atoms with Crippen molar-refractivity contribution >= 4 is 5.65 Å². The van der Waals surface area contributed by atoms with Crippen LogP contribution < -0.4 is 5.56 Å². The second kappa shape index (κ2) is 8.98. The summed E-state index contributed by atoms with van der Waals surface area (Å²) in [6.07, 6.45) is 6.24. The number of hydrogen-bond donors (Lipinski definition) is 0. The molecule has 0 amide bonds. The lowest BCUT2D eigenvalue weighted by Crippen LogP contribution is -2.28. The summed E-state index contributed by atoms with van der Waals surface area (Å²) in [7, 11) is 0. The molecule has 0 N–H and O–H groups in total. The van der Waals surface area contributed by atoms with Crippen molar-refractivity contribution in [1.82, 2.24) is 19.6 Å². The minimum Gasteiger partial charge on any atom is -0.373 e. The molecule has 8 heteroatoms. The van der Waals surface area contributed by atoms with E-state index in [1.165, 1.54) is 17.4 Å². The number of halogens is 2. The molecule has 6 nitrogen and oxygen atoms in total. The van der Waals surface area contributed by atoms with Crippen molar-refractivity contribution in [3.63, 3.8) is 0 Å². The lowest BCUT2D eigenvalue weighted by Gasteiger charge is -2.31. The summed E-state index contributed by atoms with van der Waals surface area (Å²) in [6, 6.07) is 6.24. The first-order chi connectivity index (χ1) is 17.3. The van der Waals surface area contributed by atoms with Crippen molar-refractivity contribution in [2.24, 2.45) is 0 Å². The van der Waals surface area contributed by atoms with Crippen LogP contribution in [0.25, 0.3) is 5.65 Å². The zero-order chi connectivity index (χ0) is 25.0. The summed E-state index contributed by atoms with van der Waals surface area (Å²) in [5.74, 6) is -2.00. The number of aryl methyl sites for hydroxylation is 1. The van der Waals surface area contributed by atoms with Crippen LogP contribution in [-0.4, -0.2) is 32.1 Å². The number of nitrogens with zero attached hydrogens (tertiary/aromatic N) is 4. The Labute approximate surface area is 209 Å². The lowest BCUT2D eigenvalue weighted by atomic mass is 9.81. The second-order valence-electron chi connectivity index (χ2n) is 10.9. The SMILES string of the molecule is Cc1nc2c(C3CCC(F)(F)CC3)cc([C@H]3CCO[C@@H](c4ccnc(C5CC5)c4)C3)nn2c(=O)c1C. The normalized spacial score (nSPS) is 24.8. The van der Waals surface area contributed by atoms with Crippen molar-refractivity contribution < 1.29 is 13.5 Å². The quantitative estimate of drug-likeness (QED) is 0.451. The molecule has 1 aliphatic heterocycles. The van der Waals surface area contributed by atoms with E-state index in [1.54, 1.807) is 6.92 Å². The molecule has 2 atom stereocenters. The van der Waals surface area contributed by atoms with E-state index in [4.69, 9.17) is 14.8 Å². The maximum atomic E-state index is 13.9. The van der Waals surface area contributed by atoms with Gasteiger partial charge in [-0.15, -0.1) is 0 Å². The van der Waals surface area contributed by atoms with Crippen LogP contribution in [-0.2, 0) is 4.74 Å². The minimum atomic E-state index is -2.61. The Hall–Kier alpha value is -2.74. The van der Waals surface area contributed by atoms with E-state index in [0.717, 1.165) is 35.4 Å². The van der Waals surface area contributed by atoms with Crippen molar-refractivity contribution in [3.8, 4) is 0 Å². The highest BCUT2D eigenvalue weighted by Crippen LogP contribution is 2.44. The van der Waals surface area contributed by atoms with Gasteiger partial charge in [0.15, 0.2) is 5.65 Å². The van der Waals surface area contributed by atoms with Gasteiger partial charge in [-0.25, -0.2) is 13.8 Å². The fourth-order valence-electron chi connectivity index (χ4n) is 5.76. The zero-order valence-electron chi connectivity index (χ0n) is 20.8. The monoisotopic (exact) mass is 494 g/mol. The third kappa shape index (κ3) is 4.44. The Morgan fingerprint density at radius 2 is 1.78 bits per heavy atom. The van der Waals surface area contributed by atoms with Gasteiger partial charge >= 0.3 is 0 Å². The maximum Gasteiger partial charge on any atom is 0.277 e. The number of hydrogen-bond acceptors (Lipinski definition) is 5. The summed E-state index contributed by atoms with van der Waals surface area (Å²) in [6.45, 7) is 4.18. The first-order valence-electron chi connectivity index (χ1n) is 13.2. The second-order valence-corrected chi connectivity index (χ2v) is 10.9. The van der Waals surface area contributed by atoms with Crippen molar-refractivity contribution in [1.29, 1.82) is 0 Å². The fourth-order valence-corrected chi connectivity index (χ4v) is 5.76. The smallest absolute Gasteiger partial charge is 0.277 e. The molecule has 2 saturated carbocycles. The summed E-state index contributed by atoms with van der Waals surface area (Å²) >= 11 is 0. The largest absolute Gasteiger partial charge is 0.373 e. The summed E-state index contributed by atoms with van der Waals surface area (Å²) < 4.78 is 35.5. The van der Waals surface area contributed by atoms with E-state index in [9.17, 15) is 13.6 Å². The van der Waals surface area contributed by atoms with Crippen molar-refractivity contribution in [3.05, 3.63) is 68.5 Å². The number of pyridine rings is 1. The molecule has 0 unspecified atom stereocenters. The molecule has 3 aromatic heterocycles. The lowest BCUT2D eigenvalue weighted by molar-refractivity contribution is -0.0382. The third-order valence-electron chi connectivity index (χ3n) is 8.34. The molecule has 3 aliphatic rings. The van der Waals surface area contributed by atoms with E-state index in [-0.39, 0.29) is 36.3 Å². The molecule has 0 aromatic carbocycles. The van der Waals surface area contributed by atoms with E-state index in [0.29, 0.717) is 42.3 Å². The van der Waals surface area contributed by atoms with Gasteiger partial charge in [-0.3, -0.25) is 9.78 Å². The van der Waals surface area contributed by atoms with Crippen LogP contribution in [0.15, 0.2) is 29.2 Å². The summed E-state index contributed by atoms with van der Waals surface area (Å²) in [4.78, 5) is 22.5. The van der Waals surface area contributed by atoms with E-state index < -0.39 is 5.92 Å². The molecule has 190 valence electrons. The number of rotatable bonds is 4. The maximum absolute atomic E-state index is 13.9. The third-order valence-corrected chi connectivity index (χ3v) is 8.34. The van der Waals surface area contributed by atoms with Gasteiger partial charge in [0.25, 0.3) is 5.56 Å². The Bertz CT molecular complexity index is 1360. The van der Waals surface area contributed by atoms with Crippen molar-refractivity contribution in [2.75, 3.05) is 6.61 Å². The van der Waals surface area contributed by atoms with Crippen LogP contribution in [0.3, 0.4) is 0 Å². The first-order valence-corrected chi connectivity index (χ1v) is 13.2. The molecular weight excluding hydrogens is 462 g/mol. The molecule has 6 rings (SSSR count). The van der Waals surface area contributed by atoms with Gasteiger partial charge in [-0.05, 0) is 82.1 Å². The Morgan fingerprint density at radius 3 is 2.53 bits per heavy atom. The van der Waals surface area contributed by atoms with Gasteiger partial charge in [-0.1, -0.05) is 0 Å². The molecule has 4 heterocycles. The molecule has 1 saturated heterocycles. The van der Waals surface area contributed by atoms with Crippen LogP contribution in [0.4, 0.5) is 8.78 Å². The van der Waals surface area contributed by atoms with Crippen LogP contribution in [0.1, 0.15) is 109 Å². The topological polar surface area (TPSA) is 69.4 Å². The van der Waals surface area contributed by atoms with E-state index in [1.807, 2.05) is 25.3 Å². The highest BCUT2D eigenvalue weighted by Gasteiger charge is 2.37. The fraction of sp³-hybridized carbons (Fsp3) is 0.571. The Kier molecular flexibility index (Phi) is 5.90. The molecular formula is C28H32F2N4O2. The van der Waals surface area contributed by atoms with Crippen LogP contribution >= 0.6 is 0 Å². The number of alkyl halides is 2. The predicted octanol–water partition coefficient (Wildman–Crippen LogP) is 5.91. The average molecular weight is 495 g/mol. The van der Waals surface area contributed by atoms with Crippen LogP contribution in [0, 0.1) is 13.8 Å². The Morgan fingerprint density at radius 1 is 1.00 bits per heavy atom. The standard InChI is InChI=1S/C28H32F2N4O2/c1-16-17(2)32-26-22(18-5-9-28(29,30)10-6-18)15-24(33-34(26)27(16)35)20-8-12-36-25(14-20)21-7-11-31-23(13-21)19-3-4-19/h7,11,13,15,18-20,25H,3-6,8-10,12,14H2,1-2H3/t20-,25+/m0/s1. The van der Waals surface area contributed by atoms with E-state index in [2.05, 4.69) is 11.1 Å². The minimum absolute atomic E-state index is 0.0619. The van der Waals surface area contributed by atoms with Crippen LogP contribution in [0.2, 0.25) is 0 Å². The van der Waals surface area contributed by atoms with Gasteiger partial charge in [-0.2, -0.15) is 9.61 Å². The van der Waals surface area contributed by atoms with Gasteiger partial charge in [0.2, 0.25) is 5.92 Å². The Balaban J connectivity index is 1.37. The number of aromatic nitrogens is 4. The molecule has 0 spiro atoms. The zero-order valence-corrected chi connectivity index (χ0v) is 20.8. The molecule has 2 aliphatic carbocycles. The summed E-state index contributed by atoms with van der Waals surface area (Å²) in [5.41, 5.74) is 5.52. The van der Waals surface area contributed by atoms with Crippen molar-refractivity contribution in [2.45, 2.75) is 95.0 Å². The van der Waals surface area contributed by atoms with Gasteiger partial charge in [0.05, 0.1) is 11.8 Å². The number of ether oxygens (including phenoxy) is 1. The first kappa shape index (κ1) is 23.6. The predicted molar refractivity (Wildman–Crippen MR) is 132 cm³/mol. The van der Waals surface area contributed by atoms with Gasteiger partial charge in [0.1, 0.15) is 0 Å². The molecule has 0 bridgehead atoms. The average Bonchev–Trinajstić information content (AvgIpc) is 3.73. The molecule has 36 heavy (non-hydrogen) atoms.